The zero-order valence-corrected chi connectivity index (χ0v) is 11.1. The molecule has 3 rings (SSSR count). The van der Waals surface area contributed by atoms with E-state index in [2.05, 4.69) is 5.32 Å². The SMILES string of the molecule is CC(C)OC(=O)NC12CCC(C(N)=O)(CC1)CC2. The molecule has 2 amide bonds. The van der Waals surface area contributed by atoms with Crippen molar-refractivity contribution in [3.05, 3.63) is 0 Å². The van der Waals surface area contributed by atoms with Gasteiger partial charge in [0.05, 0.1) is 6.10 Å². The number of carbonyl (C=O) groups is 2. The summed E-state index contributed by atoms with van der Waals surface area (Å²) in [5.74, 6) is -0.180. The van der Waals surface area contributed by atoms with E-state index in [1.165, 1.54) is 0 Å². The third-order valence-corrected chi connectivity index (χ3v) is 4.48. The van der Waals surface area contributed by atoms with Crippen LogP contribution in [0.1, 0.15) is 52.4 Å². The first-order valence-corrected chi connectivity index (χ1v) is 6.66. The van der Waals surface area contributed by atoms with Crippen LogP contribution in [0.2, 0.25) is 0 Å². The lowest BCUT2D eigenvalue weighted by atomic mass is 9.57. The van der Waals surface area contributed by atoms with Crippen LogP contribution in [-0.2, 0) is 9.53 Å². The van der Waals surface area contributed by atoms with Gasteiger partial charge in [-0.1, -0.05) is 0 Å². The molecule has 0 aromatic heterocycles. The van der Waals surface area contributed by atoms with Crippen LogP contribution in [-0.4, -0.2) is 23.6 Å². The molecule has 3 fully saturated rings. The molecule has 0 aromatic rings. The Bertz CT molecular complexity index is 341. The van der Waals surface area contributed by atoms with Gasteiger partial charge in [-0.3, -0.25) is 4.79 Å². The molecule has 2 bridgehead atoms. The van der Waals surface area contributed by atoms with Crippen molar-refractivity contribution in [2.45, 2.75) is 64.0 Å². The zero-order chi connectivity index (χ0) is 13.4. The van der Waals surface area contributed by atoms with E-state index in [0.29, 0.717) is 0 Å². The Morgan fingerprint density at radius 1 is 1.11 bits per heavy atom. The second kappa shape index (κ2) is 4.44. The maximum atomic E-state index is 11.7. The number of nitrogens with two attached hydrogens (primary N) is 1. The van der Waals surface area contributed by atoms with Crippen molar-refractivity contribution in [3.8, 4) is 0 Å². The number of ether oxygens (including phenoxy) is 1. The fourth-order valence-corrected chi connectivity index (χ4v) is 3.20. The van der Waals surface area contributed by atoms with Gasteiger partial charge >= 0.3 is 6.09 Å². The van der Waals surface area contributed by atoms with Crippen molar-refractivity contribution < 1.29 is 14.3 Å². The summed E-state index contributed by atoms with van der Waals surface area (Å²) in [6.07, 6.45) is 4.35. The van der Waals surface area contributed by atoms with Crippen molar-refractivity contribution in [2.75, 3.05) is 0 Å². The van der Waals surface area contributed by atoms with Crippen molar-refractivity contribution in [2.24, 2.45) is 11.1 Å². The van der Waals surface area contributed by atoms with E-state index < -0.39 is 0 Å². The maximum absolute atomic E-state index is 11.7. The van der Waals surface area contributed by atoms with Gasteiger partial charge in [-0.15, -0.1) is 0 Å². The minimum atomic E-state index is -0.349. The predicted molar refractivity (Wildman–Crippen MR) is 66.8 cm³/mol. The number of nitrogens with one attached hydrogen (secondary N) is 1. The van der Waals surface area contributed by atoms with Gasteiger partial charge < -0.3 is 15.8 Å². The first-order chi connectivity index (χ1) is 8.38. The second-order valence-electron chi connectivity index (χ2n) is 6.00. The maximum Gasteiger partial charge on any atom is 0.407 e. The van der Waals surface area contributed by atoms with Crippen LogP contribution in [0.5, 0.6) is 0 Å². The summed E-state index contributed by atoms with van der Waals surface area (Å²) in [5, 5.41) is 2.99. The summed E-state index contributed by atoms with van der Waals surface area (Å²) in [5.41, 5.74) is 5.01. The fraction of sp³-hybridized carbons (Fsp3) is 0.846. The van der Waals surface area contributed by atoms with Gasteiger partial charge in [0.25, 0.3) is 0 Å². The molecular formula is C13H22N2O3. The normalized spacial score (nSPS) is 34.4. The van der Waals surface area contributed by atoms with Crippen molar-refractivity contribution in [1.29, 1.82) is 0 Å². The molecule has 5 nitrogen and oxygen atoms in total. The lowest BCUT2D eigenvalue weighted by Gasteiger charge is -2.51. The summed E-state index contributed by atoms with van der Waals surface area (Å²) in [6, 6.07) is 0. The molecule has 0 saturated heterocycles. The second-order valence-corrected chi connectivity index (χ2v) is 6.00. The molecule has 102 valence electrons. The van der Waals surface area contributed by atoms with Crippen molar-refractivity contribution in [3.63, 3.8) is 0 Å². The average molecular weight is 254 g/mol. The monoisotopic (exact) mass is 254 g/mol. The van der Waals surface area contributed by atoms with Crippen molar-refractivity contribution >= 4 is 12.0 Å². The summed E-state index contributed by atoms with van der Waals surface area (Å²) in [4.78, 5) is 23.2. The Labute approximate surface area is 107 Å². The number of primary amides is 1. The van der Waals surface area contributed by atoms with Gasteiger partial charge in [0.1, 0.15) is 0 Å². The van der Waals surface area contributed by atoms with E-state index in [-0.39, 0.29) is 29.1 Å². The number of alkyl carbamates (subject to hydrolysis) is 1. The van der Waals surface area contributed by atoms with Gasteiger partial charge in [-0.2, -0.15) is 0 Å². The first-order valence-electron chi connectivity index (χ1n) is 6.66. The Morgan fingerprint density at radius 2 is 1.61 bits per heavy atom. The highest BCUT2D eigenvalue weighted by Gasteiger charge is 2.52. The third kappa shape index (κ3) is 2.31. The summed E-state index contributed by atoms with van der Waals surface area (Å²) in [6.45, 7) is 3.66. The highest BCUT2D eigenvalue weighted by atomic mass is 16.6. The first kappa shape index (κ1) is 13.2. The number of hydrogen-bond donors (Lipinski definition) is 2. The molecule has 0 unspecified atom stereocenters. The number of hydrogen-bond acceptors (Lipinski definition) is 3. The van der Waals surface area contributed by atoms with Crippen LogP contribution in [0.4, 0.5) is 4.79 Å². The Kier molecular flexibility index (Phi) is 3.25. The summed E-state index contributed by atoms with van der Waals surface area (Å²) in [7, 11) is 0. The molecule has 3 saturated carbocycles. The summed E-state index contributed by atoms with van der Waals surface area (Å²) < 4.78 is 5.13. The average Bonchev–Trinajstić information content (AvgIpc) is 2.29. The molecule has 0 aliphatic heterocycles. The topological polar surface area (TPSA) is 81.4 Å². The lowest BCUT2D eigenvalue weighted by molar-refractivity contribution is -0.134. The molecular weight excluding hydrogens is 232 g/mol. The van der Waals surface area contributed by atoms with Crippen molar-refractivity contribution in [1.82, 2.24) is 5.32 Å². The molecule has 0 aromatic carbocycles. The standard InChI is InChI=1S/C13H22N2O3/c1-9(2)18-11(17)15-13-6-3-12(4-7-13,5-8-13)10(14)16/h9H,3-8H2,1-2H3,(H2,14,16)(H,15,17). The molecule has 3 aliphatic carbocycles. The molecule has 3 N–H and O–H groups in total. The molecule has 18 heavy (non-hydrogen) atoms. The van der Waals surface area contributed by atoms with Gasteiger partial charge in [-0.05, 0) is 52.4 Å². The Morgan fingerprint density at radius 3 is 2.00 bits per heavy atom. The number of amides is 2. The van der Waals surface area contributed by atoms with E-state index >= 15 is 0 Å². The van der Waals surface area contributed by atoms with E-state index in [4.69, 9.17) is 10.5 Å². The Hall–Kier alpha value is -1.26. The lowest BCUT2D eigenvalue weighted by Crippen LogP contribution is -2.59. The highest BCUT2D eigenvalue weighted by Crippen LogP contribution is 2.52. The van der Waals surface area contributed by atoms with Crippen LogP contribution in [0.3, 0.4) is 0 Å². The van der Waals surface area contributed by atoms with Gasteiger partial charge in [0.15, 0.2) is 0 Å². The highest BCUT2D eigenvalue weighted by molar-refractivity contribution is 5.81. The Balaban J connectivity index is 1.97. The molecule has 5 heteroatoms. The molecule has 0 heterocycles. The van der Waals surface area contributed by atoms with Gasteiger partial charge in [-0.25, -0.2) is 4.79 Å². The van der Waals surface area contributed by atoms with Crippen LogP contribution in [0.15, 0.2) is 0 Å². The zero-order valence-electron chi connectivity index (χ0n) is 11.1. The molecule has 0 radical (unpaired) electrons. The van der Waals surface area contributed by atoms with E-state index in [1.54, 1.807) is 0 Å². The van der Waals surface area contributed by atoms with E-state index in [0.717, 1.165) is 38.5 Å². The quantitative estimate of drug-likeness (QED) is 0.804. The predicted octanol–water partition coefficient (Wildman–Crippen LogP) is 1.70. The van der Waals surface area contributed by atoms with E-state index in [9.17, 15) is 9.59 Å². The van der Waals surface area contributed by atoms with E-state index in [1.807, 2.05) is 13.8 Å². The number of fused-ring (bicyclic) bond motifs is 3. The summed E-state index contributed by atoms with van der Waals surface area (Å²) >= 11 is 0. The largest absolute Gasteiger partial charge is 0.447 e. The van der Waals surface area contributed by atoms with Crippen LogP contribution in [0.25, 0.3) is 0 Å². The fourth-order valence-electron chi connectivity index (χ4n) is 3.20. The molecule has 3 aliphatic rings. The van der Waals surface area contributed by atoms with Gasteiger partial charge in [0.2, 0.25) is 5.91 Å². The third-order valence-electron chi connectivity index (χ3n) is 4.48. The smallest absolute Gasteiger partial charge is 0.407 e. The minimum Gasteiger partial charge on any atom is -0.447 e. The number of rotatable bonds is 3. The van der Waals surface area contributed by atoms with Gasteiger partial charge in [0, 0.05) is 11.0 Å². The number of carbonyl (C=O) groups excluding carboxylic acids is 2. The molecule has 0 spiro atoms. The molecule has 0 atom stereocenters. The van der Waals surface area contributed by atoms with Crippen LogP contribution >= 0.6 is 0 Å². The van der Waals surface area contributed by atoms with Crippen LogP contribution in [0, 0.1) is 5.41 Å². The van der Waals surface area contributed by atoms with Crippen LogP contribution < -0.4 is 11.1 Å². The minimum absolute atomic E-state index is 0.113.